The summed E-state index contributed by atoms with van der Waals surface area (Å²) < 4.78 is 4.75. The lowest BCUT2D eigenvalue weighted by atomic mass is 9.68. The highest BCUT2D eigenvalue weighted by Gasteiger charge is 2.33. The summed E-state index contributed by atoms with van der Waals surface area (Å²) in [6.07, 6.45) is 1.26. The molecule has 1 fully saturated rings. The summed E-state index contributed by atoms with van der Waals surface area (Å²) in [7, 11) is 0. The number of carbonyl (C=O) groups excluding carboxylic acids is 1. The quantitative estimate of drug-likeness (QED) is 0.628. The van der Waals surface area contributed by atoms with E-state index >= 15 is 0 Å². The van der Waals surface area contributed by atoms with E-state index in [1.165, 1.54) is 6.42 Å². The molecule has 0 spiro atoms. The molecule has 0 saturated carbocycles. The van der Waals surface area contributed by atoms with Crippen LogP contribution in [0.3, 0.4) is 0 Å². The second kappa shape index (κ2) is 5.90. The van der Waals surface area contributed by atoms with Gasteiger partial charge >= 0.3 is 5.97 Å². The van der Waals surface area contributed by atoms with Gasteiger partial charge in [0.25, 0.3) is 0 Å². The summed E-state index contributed by atoms with van der Waals surface area (Å²) in [5, 5.41) is 0. The van der Waals surface area contributed by atoms with E-state index in [9.17, 15) is 4.79 Å². The number of hydrogen-bond donors (Lipinski definition) is 0. The van der Waals surface area contributed by atoms with Crippen LogP contribution in [-0.2, 0) is 9.53 Å². The second-order valence-electron chi connectivity index (χ2n) is 6.95. The molecule has 1 heterocycles. The fourth-order valence-electron chi connectivity index (χ4n) is 1.33. The van der Waals surface area contributed by atoms with Crippen molar-refractivity contribution in [3.63, 3.8) is 0 Å². The lowest BCUT2D eigenvalue weighted by Crippen LogP contribution is -2.28. The Balaban J connectivity index is 0.000000321. The molecule has 0 aromatic carbocycles. The van der Waals surface area contributed by atoms with Crippen LogP contribution in [0.2, 0.25) is 0 Å². The number of esters is 1. The predicted octanol–water partition coefficient (Wildman–Crippen LogP) is 4.80. The van der Waals surface area contributed by atoms with Crippen LogP contribution in [0.5, 0.6) is 0 Å². The van der Waals surface area contributed by atoms with Gasteiger partial charge in [0.05, 0.1) is 5.92 Å². The number of allylic oxidation sites excluding steroid dienone is 1. The van der Waals surface area contributed by atoms with Crippen molar-refractivity contribution in [3.8, 4) is 0 Å². The SMILES string of the molecule is C=C1OC(=O)C(C)C1C.CCC(C)(C)C(C)(C)C. The molecule has 0 amide bonds. The third-order valence-electron chi connectivity index (χ3n) is 4.78. The van der Waals surface area contributed by atoms with Gasteiger partial charge in [0.1, 0.15) is 5.76 Å². The van der Waals surface area contributed by atoms with Gasteiger partial charge in [-0.1, -0.05) is 68.4 Å². The Morgan fingerprint density at radius 3 is 1.61 bits per heavy atom. The molecule has 1 aliphatic heterocycles. The molecule has 1 aliphatic rings. The third-order valence-corrected chi connectivity index (χ3v) is 4.78. The van der Waals surface area contributed by atoms with E-state index in [-0.39, 0.29) is 17.8 Å². The molecule has 0 aromatic heterocycles. The first-order valence-corrected chi connectivity index (χ1v) is 6.84. The summed E-state index contributed by atoms with van der Waals surface area (Å²) in [6, 6.07) is 0. The monoisotopic (exact) mass is 254 g/mol. The van der Waals surface area contributed by atoms with E-state index in [2.05, 4.69) is 48.1 Å². The number of ether oxygens (including phenoxy) is 1. The minimum Gasteiger partial charge on any atom is -0.431 e. The first kappa shape index (κ1) is 17.2. The van der Waals surface area contributed by atoms with Crippen molar-refractivity contribution in [2.24, 2.45) is 22.7 Å². The molecule has 2 heteroatoms. The van der Waals surface area contributed by atoms with Crippen molar-refractivity contribution in [3.05, 3.63) is 12.3 Å². The van der Waals surface area contributed by atoms with Gasteiger partial charge in [0.2, 0.25) is 0 Å². The van der Waals surface area contributed by atoms with Crippen LogP contribution in [0.25, 0.3) is 0 Å². The Morgan fingerprint density at radius 1 is 1.11 bits per heavy atom. The fraction of sp³-hybridized carbons (Fsp3) is 0.812. The maximum atomic E-state index is 10.7. The van der Waals surface area contributed by atoms with Crippen LogP contribution in [0.4, 0.5) is 0 Å². The molecule has 0 radical (unpaired) electrons. The van der Waals surface area contributed by atoms with Crippen LogP contribution in [-0.4, -0.2) is 5.97 Å². The van der Waals surface area contributed by atoms with Crippen LogP contribution in [0, 0.1) is 22.7 Å². The first-order chi connectivity index (χ1) is 7.94. The van der Waals surface area contributed by atoms with Gasteiger partial charge in [-0.25, -0.2) is 0 Å². The summed E-state index contributed by atoms with van der Waals surface area (Å²) in [4.78, 5) is 10.7. The molecule has 0 aliphatic carbocycles. The topological polar surface area (TPSA) is 26.3 Å². The Morgan fingerprint density at radius 2 is 1.56 bits per heavy atom. The normalized spacial score (nSPS) is 24.4. The van der Waals surface area contributed by atoms with Crippen LogP contribution in [0.15, 0.2) is 12.3 Å². The minimum absolute atomic E-state index is 0.00231. The maximum Gasteiger partial charge on any atom is 0.314 e. The van der Waals surface area contributed by atoms with E-state index in [0.717, 1.165) is 0 Å². The summed E-state index contributed by atoms with van der Waals surface area (Å²) in [5.74, 6) is 0.648. The summed E-state index contributed by atoms with van der Waals surface area (Å²) >= 11 is 0. The lowest BCUT2D eigenvalue weighted by molar-refractivity contribution is -0.138. The van der Waals surface area contributed by atoms with Gasteiger partial charge in [-0.3, -0.25) is 4.79 Å². The molecule has 1 saturated heterocycles. The molecule has 2 unspecified atom stereocenters. The number of carbonyl (C=O) groups is 1. The second-order valence-corrected chi connectivity index (χ2v) is 6.95. The molecule has 2 atom stereocenters. The van der Waals surface area contributed by atoms with Crippen molar-refractivity contribution >= 4 is 5.97 Å². The first-order valence-electron chi connectivity index (χ1n) is 6.84. The van der Waals surface area contributed by atoms with Crippen molar-refractivity contribution < 1.29 is 9.53 Å². The zero-order valence-electron chi connectivity index (χ0n) is 13.4. The Hall–Kier alpha value is -0.790. The lowest BCUT2D eigenvalue weighted by Gasteiger charge is -2.37. The highest BCUT2D eigenvalue weighted by molar-refractivity contribution is 5.76. The van der Waals surface area contributed by atoms with Gasteiger partial charge in [-0.15, -0.1) is 0 Å². The van der Waals surface area contributed by atoms with Gasteiger partial charge in [-0.2, -0.15) is 0 Å². The van der Waals surface area contributed by atoms with Crippen molar-refractivity contribution in [1.82, 2.24) is 0 Å². The highest BCUT2D eigenvalue weighted by atomic mass is 16.5. The molecule has 18 heavy (non-hydrogen) atoms. The zero-order chi connectivity index (χ0) is 14.7. The highest BCUT2D eigenvalue weighted by Crippen LogP contribution is 2.40. The molecule has 1 rings (SSSR count). The van der Waals surface area contributed by atoms with E-state index in [0.29, 0.717) is 16.6 Å². The van der Waals surface area contributed by atoms with Crippen LogP contribution in [0.1, 0.15) is 61.8 Å². The molecule has 0 N–H and O–H groups in total. The average molecular weight is 254 g/mol. The predicted molar refractivity (Wildman–Crippen MR) is 77.1 cm³/mol. The van der Waals surface area contributed by atoms with E-state index in [1.807, 2.05) is 13.8 Å². The summed E-state index contributed by atoms with van der Waals surface area (Å²) in [5.41, 5.74) is 0.925. The fourth-order valence-corrected chi connectivity index (χ4v) is 1.33. The van der Waals surface area contributed by atoms with Crippen LogP contribution < -0.4 is 0 Å². The number of hydrogen-bond acceptors (Lipinski definition) is 2. The van der Waals surface area contributed by atoms with Gasteiger partial charge in [0, 0.05) is 5.92 Å². The standard InChI is InChI=1S/C9H20.C7H10O2/c1-7-9(5,6)8(2,3)4;1-4-5(2)7(8)9-6(4)3/h7H2,1-6H3;4-5H,3H2,1-2H3. The van der Waals surface area contributed by atoms with Gasteiger partial charge < -0.3 is 4.74 Å². The van der Waals surface area contributed by atoms with E-state index < -0.39 is 0 Å². The Bertz CT molecular complexity index is 290. The third kappa shape index (κ3) is 4.15. The van der Waals surface area contributed by atoms with E-state index in [1.54, 1.807) is 0 Å². The van der Waals surface area contributed by atoms with Crippen LogP contribution >= 0.6 is 0 Å². The van der Waals surface area contributed by atoms with Gasteiger partial charge in [0.15, 0.2) is 0 Å². The maximum absolute atomic E-state index is 10.7. The smallest absolute Gasteiger partial charge is 0.314 e. The minimum atomic E-state index is -0.146. The Kier molecular flexibility index (Phi) is 5.64. The van der Waals surface area contributed by atoms with Crippen molar-refractivity contribution in [1.29, 1.82) is 0 Å². The number of cyclic esters (lactones) is 1. The largest absolute Gasteiger partial charge is 0.431 e. The molecule has 2 nitrogen and oxygen atoms in total. The number of rotatable bonds is 1. The van der Waals surface area contributed by atoms with Crippen molar-refractivity contribution in [2.75, 3.05) is 0 Å². The molecular weight excluding hydrogens is 224 g/mol. The Labute approximate surface area is 113 Å². The molecule has 0 bridgehead atoms. The molecular formula is C16H30O2. The van der Waals surface area contributed by atoms with E-state index in [4.69, 9.17) is 4.74 Å². The van der Waals surface area contributed by atoms with Crippen molar-refractivity contribution in [2.45, 2.75) is 61.8 Å². The zero-order valence-corrected chi connectivity index (χ0v) is 13.4. The van der Waals surface area contributed by atoms with Gasteiger partial charge in [-0.05, 0) is 10.8 Å². The summed E-state index contributed by atoms with van der Waals surface area (Å²) in [6.45, 7) is 21.2. The molecule has 0 aromatic rings. The average Bonchev–Trinajstić information content (AvgIpc) is 2.45. The molecule has 106 valence electrons.